The van der Waals surface area contributed by atoms with Crippen molar-refractivity contribution in [3.63, 3.8) is 0 Å². The Hall–Kier alpha value is -2.52. The average molecular weight is 302 g/mol. The van der Waals surface area contributed by atoms with Gasteiger partial charge in [0.25, 0.3) is 11.8 Å². The van der Waals surface area contributed by atoms with Gasteiger partial charge in [0.15, 0.2) is 0 Å². The van der Waals surface area contributed by atoms with Crippen molar-refractivity contribution in [3.05, 3.63) is 29.3 Å². The third-order valence-electron chi connectivity index (χ3n) is 3.76. The maximum absolute atomic E-state index is 12.4. The van der Waals surface area contributed by atoms with E-state index in [-0.39, 0.29) is 29.4 Å². The molecule has 112 valence electrons. The summed E-state index contributed by atoms with van der Waals surface area (Å²) in [6, 6.07) is 2.82. The van der Waals surface area contributed by atoms with Crippen LogP contribution in [0.25, 0.3) is 0 Å². The maximum Gasteiger partial charge on any atom is 0.488 e. The second-order valence-electron chi connectivity index (χ2n) is 5.13. The topological polar surface area (TPSA) is 124 Å². The van der Waals surface area contributed by atoms with Crippen molar-refractivity contribution in [1.82, 2.24) is 10.2 Å². The highest BCUT2D eigenvalue weighted by Crippen LogP contribution is 2.26. The van der Waals surface area contributed by atoms with Crippen LogP contribution in [0.2, 0.25) is 0 Å². The van der Waals surface area contributed by atoms with Crippen LogP contribution in [0.4, 0.5) is 0 Å². The molecule has 1 unspecified atom stereocenters. The normalized spacial score (nSPS) is 21.0. The number of fused-ring (bicyclic) bond motifs is 1. The molecule has 3 rings (SSSR count). The number of carbonyl (C=O) groups is 4. The molecule has 2 aliphatic heterocycles. The molecule has 8 nitrogen and oxygen atoms in total. The zero-order chi connectivity index (χ0) is 16.0. The molecule has 3 N–H and O–H groups in total. The van der Waals surface area contributed by atoms with E-state index in [1.807, 2.05) is 0 Å². The second kappa shape index (κ2) is 5.04. The molecule has 9 heteroatoms. The first kappa shape index (κ1) is 14.4. The number of rotatable bonds is 2. The van der Waals surface area contributed by atoms with Crippen LogP contribution in [0, 0.1) is 0 Å². The number of hydrogen-bond donors (Lipinski definition) is 3. The molecular formula is C13H11BN2O6. The summed E-state index contributed by atoms with van der Waals surface area (Å²) in [6.45, 7) is 0. The highest BCUT2D eigenvalue weighted by Gasteiger charge is 2.44. The molecule has 0 aliphatic carbocycles. The van der Waals surface area contributed by atoms with Gasteiger partial charge in [-0.15, -0.1) is 0 Å². The van der Waals surface area contributed by atoms with Gasteiger partial charge in [0.1, 0.15) is 6.04 Å². The highest BCUT2D eigenvalue weighted by atomic mass is 16.4. The Morgan fingerprint density at radius 2 is 1.77 bits per heavy atom. The first-order valence-corrected chi connectivity index (χ1v) is 6.62. The minimum absolute atomic E-state index is 0.0142. The van der Waals surface area contributed by atoms with Crippen molar-refractivity contribution in [2.45, 2.75) is 18.9 Å². The fraction of sp³-hybridized carbons (Fsp3) is 0.231. The van der Waals surface area contributed by atoms with E-state index >= 15 is 0 Å². The summed E-state index contributed by atoms with van der Waals surface area (Å²) in [5.74, 6) is -2.44. The van der Waals surface area contributed by atoms with Crippen molar-refractivity contribution in [2.24, 2.45) is 0 Å². The van der Waals surface area contributed by atoms with Crippen LogP contribution < -0.4 is 10.8 Å². The van der Waals surface area contributed by atoms with Gasteiger partial charge >= 0.3 is 7.12 Å². The number of benzene rings is 1. The molecule has 1 atom stereocenters. The van der Waals surface area contributed by atoms with Crippen LogP contribution in [0.15, 0.2) is 18.2 Å². The molecule has 22 heavy (non-hydrogen) atoms. The molecule has 2 aliphatic rings. The van der Waals surface area contributed by atoms with Crippen LogP contribution in [-0.4, -0.2) is 51.7 Å². The average Bonchev–Trinajstić information content (AvgIpc) is 2.71. The van der Waals surface area contributed by atoms with Gasteiger partial charge in [0, 0.05) is 6.42 Å². The van der Waals surface area contributed by atoms with Crippen molar-refractivity contribution >= 4 is 36.2 Å². The monoisotopic (exact) mass is 302 g/mol. The van der Waals surface area contributed by atoms with Gasteiger partial charge in [-0.05, 0) is 24.0 Å². The summed E-state index contributed by atoms with van der Waals surface area (Å²) >= 11 is 0. The lowest BCUT2D eigenvalue weighted by molar-refractivity contribution is -0.136. The molecule has 1 saturated heterocycles. The summed E-state index contributed by atoms with van der Waals surface area (Å²) < 4.78 is 0. The Bertz CT molecular complexity index is 716. The summed E-state index contributed by atoms with van der Waals surface area (Å²) in [6.07, 6.45) is 0.121. The summed E-state index contributed by atoms with van der Waals surface area (Å²) in [4.78, 5) is 48.5. The Balaban J connectivity index is 1.96. The zero-order valence-electron chi connectivity index (χ0n) is 11.3. The predicted octanol–water partition coefficient (Wildman–Crippen LogP) is -2.23. The number of nitrogens with one attached hydrogen (secondary N) is 1. The highest BCUT2D eigenvalue weighted by molar-refractivity contribution is 6.58. The van der Waals surface area contributed by atoms with Crippen LogP contribution in [0.3, 0.4) is 0 Å². The van der Waals surface area contributed by atoms with E-state index in [1.165, 1.54) is 18.2 Å². The zero-order valence-corrected chi connectivity index (χ0v) is 11.3. The number of nitrogens with zero attached hydrogens (tertiary/aromatic N) is 1. The number of hydrogen-bond acceptors (Lipinski definition) is 6. The quantitative estimate of drug-likeness (QED) is 0.419. The number of piperidine rings is 1. The lowest BCUT2D eigenvalue weighted by Crippen LogP contribution is -2.54. The first-order chi connectivity index (χ1) is 10.4. The van der Waals surface area contributed by atoms with Crippen LogP contribution in [0.1, 0.15) is 33.6 Å². The Morgan fingerprint density at radius 3 is 2.41 bits per heavy atom. The molecule has 0 saturated carbocycles. The number of imide groups is 2. The molecule has 0 aromatic heterocycles. The van der Waals surface area contributed by atoms with Gasteiger partial charge in [0.05, 0.1) is 11.1 Å². The van der Waals surface area contributed by atoms with Gasteiger partial charge in [-0.25, -0.2) is 0 Å². The summed E-state index contributed by atoms with van der Waals surface area (Å²) in [5, 5.41) is 20.4. The van der Waals surface area contributed by atoms with Crippen LogP contribution >= 0.6 is 0 Å². The van der Waals surface area contributed by atoms with Crippen molar-refractivity contribution in [2.75, 3.05) is 0 Å². The molecule has 0 bridgehead atoms. The first-order valence-electron chi connectivity index (χ1n) is 6.62. The minimum Gasteiger partial charge on any atom is -0.423 e. The third kappa shape index (κ3) is 2.11. The number of amides is 4. The van der Waals surface area contributed by atoms with Gasteiger partial charge in [-0.3, -0.25) is 29.4 Å². The van der Waals surface area contributed by atoms with Crippen molar-refractivity contribution in [3.8, 4) is 0 Å². The lowest BCUT2D eigenvalue weighted by atomic mass is 9.79. The molecule has 2 heterocycles. The molecule has 1 aromatic rings. The summed E-state index contributed by atoms with van der Waals surface area (Å²) in [5.41, 5.74) is 0.185. The van der Waals surface area contributed by atoms with Gasteiger partial charge in [0.2, 0.25) is 11.8 Å². The van der Waals surface area contributed by atoms with Crippen LogP contribution in [-0.2, 0) is 9.59 Å². The standard InChI is InChI=1S/C13H11BN2O6/c17-10-4-3-9(11(18)15-10)16-12(19)7-2-1-6(14(21)22)5-8(7)13(16)20/h1-2,5,9,21-22H,3-4H2,(H,15,17,18). The van der Waals surface area contributed by atoms with Gasteiger partial charge < -0.3 is 10.0 Å². The molecule has 4 amide bonds. The summed E-state index contributed by atoms with van der Waals surface area (Å²) in [7, 11) is -1.77. The van der Waals surface area contributed by atoms with E-state index in [4.69, 9.17) is 10.0 Å². The van der Waals surface area contributed by atoms with Crippen LogP contribution in [0.5, 0.6) is 0 Å². The van der Waals surface area contributed by atoms with Crippen molar-refractivity contribution < 1.29 is 29.2 Å². The fourth-order valence-corrected chi connectivity index (χ4v) is 2.65. The van der Waals surface area contributed by atoms with E-state index in [0.717, 1.165) is 4.90 Å². The van der Waals surface area contributed by atoms with Gasteiger partial charge in [-0.1, -0.05) is 6.07 Å². The Kier molecular flexibility index (Phi) is 3.30. The van der Waals surface area contributed by atoms with E-state index in [1.54, 1.807) is 0 Å². The predicted molar refractivity (Wildman–Crippen MR) is 72.9 cm³/mol. The van der Waals surface area contributed by atoms with E-state index < -0.39 is 36.8 Å². The Morgan fingerprint density at radius 1 is 1.09 bits per heavy atom. The smallest absolute Gasteiger partial charge is 0.423 e. The lowest BCUT2D eigenvalue weighted by Gasteiger charge is -2.27. The maximum atomic E-state index is 12.4. The van der Waals surface area contributed by atoms with E-state index in [9.17, 15) is 19.2 Å². The molecule has 0 radical (unpaired) electrons. The Labute approximate surface area is 124 Å². The largest absolute Gasteiger partial charge is 0.488 e. The third-order valence-corrected chi connectivity index (χ3v) is 3.76. The molecule has 1 aromatic carbocycles. The molecule has 1 fully saturated rings. The van der Waals surface area contributed by atoms with Gasteiger partial charge in [-0.2, -0.15) is 0 Å². The van der Waals surface area contributed by atoms with E-state index in [0.29, 0.717) is 0 Å². The molecular weight excluding hydrogens is 291 g/mol. The molecule has 0 spiro atoms. The van der Waals surface area contributed by atoms with Crippen molar-refractivity contribution in [1.29, 1.82) is 0 Å². The fourth-order valence-electron chi connectivity index (χ4n) is 2.65. The second-order valence-corrected chi connectivity index (χ2v) is 5.13. The van der Waals surface area contributed by atoms with E-state index in [2.05, 4.69) is 5.32 Å². The SMILES string of the molecule is O=C1CCC(N2C(=O)c3ccc(B(O)O)cc3C2=O)C(=O)N1. The minimum atomic E-state index is -1.77. The number of carbonyl (C=O) groups excluding carboxylic acids is 4.